The molecule has 1 aliphatic rings. The van der Waals surface area contributed by atoms with Crippen LogP contribution in [0.3, 0.4) is 0 Å². The normalized spacial score (nSPS) is 21.9. The van der Waals surface area contributed by atoms with Crippen molar-refractivity contribution in [2.24, 2.45) is 0 Å². The summed E-state index contributed by atoms with van der Waals surface area (Å²) < 4.78 is 28.8. The fraction of sp³-hybridized carbons (Fsp3) is 0.400. The number of alkyl halides is 2. The van der Waals surface area contributed by atoms with Crippen LogP contribution in [0.25, 0.3) is 10.8 Å². The topological polar surface area (TPSA) is 22.0 Å². The first-order valence-electron chi connectivity index (χ1n) is 6.48. The zero-order chi connectivity index (χ0) is 13.6. The van der Waals surface area contributed by atoms with Gasteiger partial charge in [0.2, 0.25) is 0 Å². The van der Waals surface area contributed by atoms with E-state index in [1.807, 2.05) is 19.1 Å². The second kappa shape index (κ2) is 4.15. The molecule has 0 N–H and O–H groups in total. The van der Waals surface area contributed by atoms with E-state index in [2.05, 4.69) is 0 Å². The summed E-state index contributed by atoms with van der Waals surface area (Å²) >= 11 is 0. The quantitative estimate of drug-likeness (QED) is 0.769. The zero-order valence-corrected chi connectivity index (χ0v) is 10.7. The van der Waals surface area contributed by atoms with Gasteiger partial charge in [0.15, 0.2) is 0 Å². The van der Waals surface area contributed by atoms with E-state index >= 15 is 0 Å². The predicted octanol–water partition coefficient (Wildman–Crippen LogP) is 3.67. The van der Waals surface area contributed by atoms with Crippen molar-refractivity contribution in [3.05, 3.63) is 46.4 Å². The highest BCUT2D eigenvalue weighted by molar-refractivity contribution is 5.82. The van der Waals surface area contributed by atoms with Gasteiger partial charge in [-0.2, -0.15) is 0 Å². The molecule has 0 amide bonds. The molecule has 0 aliphatic heterocycles. The van der Waals surface area contributed by atoms with E-state index in [9.17, 15) is 13.6 Å². The molecule has 1 aromatic carbocycles. The van der Waals surface area contributed by atoms with Crippen LogP contribution >= 0.6 is 0 Å². The summed E-state index contributed by atoms with van der Waals surface area (Å²) in [7, 11) is 0. The summed E-state index contributed by atoms with van der Waals surface area (Å²) in [5.41, 5.74) is 0.647. The Bertz CT molecular complexity index is 690. The van der Waals surface area contributed by atoms with Crippen LogP contribution in [0, 0.1) is 6.92 Å². The van der Waals surface area contributed by atoms with E-state index in [1.165, 1.54) is 10.8 Å². The third kappa shape index (κ3) is 1.95. The molecule has 1 atom stereocenters. The maximum absolute atomic E-state index is 13.8. The zero-order valence-electron chi connectivity index (χ0n) is 10.7. The molecule has 2 aromatic rings. The van der Waals surface area contributed by atoms with E-state index in [1.54, 1.807) is 12.1 Å². The predicted molar refractivity (Wildman–Crippen MR) is 70.8 cm³/mol. The summed E-state index contributed by atoms with van der Waals surface area (Å²) in [6.45, 7) is 1.89. The first-order chi connectivity index (χ1) is 8.99. The smallest absolute Gasteiger partial charge is 0.268 e. The summed E-state index contributed by atoms with van der Waals surface area (Å²) in [6, 6.07) is 6.27. The number of benzene rings is 1. The van der Waals surface area contributed by atoms with E-state index in [4.69, 9.17) is 0 Å². The van der Waals surface area contributed by atoms with Gasteiger partial charge in [-0.05, 0) is 37.3 Å². The maximum atomic E-state index is 13.8. The van der Waals surface area contributed by atoms with Crippen molar-refractivity contribution < 1.29 is 8.78 Å². The number of fused-ring (bicyclic) bond motifs is 1. The lowest BCUT2D eigenvalue weighted by Crippen LogP contribution is -2.32. The number of aryl methyl sites for hydroxylation is 1. The van der Waals surface area contributed by atoms with Gasteiger partial charge in [0, 0.05) is 18.0 Å². The number of nitrogens with zero attached hydrogens (tertiary/aromatic N) is 1. The molecule has 1 aliphatic carbocycles. The van der Waals surface area contributed by atoms with Crippen molar-refractivity contribution in [1.29, 1.82) is 0 Å². The van der Waals surface area contributed by atoms with Crippen molar-refractivity contribution in [3.8, 4) is 0 Å². The largest absolute Gasteiger partial charge is 0.306 e. The third-order valence-corrected chi connectivity index (χ3v) is 3.90. The Morgan fingerprint density at radius 3 is 2.79 bits per heavy atom. The van der Waals surface area contributed by atoms with Crippen molar-refractivity contribution in [3.63, 3.8) is 0 Å². The molecule has 3 rings (SSSR count). The highest BCUT2D eigenvalue weighted by Crippen LogP contribution is 2.43. The molecular formula is C15H15F2NO. The highest BCUT2D eigenvalue weighted by atomic mass is 19.3. The minimum absolute atomic E-state index is 0.129. The highest BCUT2D eigenvalue weighted by Gasteiger charge is 2.45. The average Bonchev–Trinajstić information content (AvgIpc) is 2.70. The van der Waals surface area contributed by atoms with Gasteiger partial charge in [-0.1, -0.05) is 17.7 Å². The Labute approximate surface area is 109 Å². The molecule has 2 nitrogen and oxygen atoms in total. The fourth-order valence-electron chi connectivity index (χ4n) is 2.86. The van der Waals surface area contributed by atoms with Gasteiger partial charge in [0.25, 0.3) is 11.5 Å². The number of halogens is 2. The van der Waals surface area contributed by atoms with E-state index in [0.717, 1.165) is 10.9 Å². The summed E-state index contributed by atoms with van der Waals surface area (Å²) in [5.74, 6) is -2.78. The van der Waals surface area contributed by atoms with Crippen molar-refractivity contribution >= 4 is 10.8 Å². The summed E-state index contributed by atoms with van der Waals surface area (Å²) in [4.78, 5) is 12.4. The van der Waals surface area contributed by atoms with E-state index in [-0.39, 0.29) is 12.0 Å². The molecule has 0 spiro atoms. The van der Waals surface area contributed by atoms with Crippen LogP contribution in [0.1, 0.15) is 30.9 Å². The Hall–Kier alpha value is -1.71. The lowest BCUT2D eigenvalue weighted by atomic mass is 10.1. The molecular weight excluding hydrogens is 248 g/mol. The lowest BCUT2D eigenvalue weighted by Gasteiger charge is -2.21. The van der Waals surface area contributed by atoms with Crippen LogP contribution in [0.2, 0.25) is 0 Å². The Balaban J connectivity index is 2.21. The molecule has 0 bridgehead atoms. The van der Waals surface area contributed by atoms with Crippen LogP contribution in [-0.4, -0.2) is 10.5 Å². The molecule has 4 heteroatoms. The first kappa shape index (κ1) is 12.3. The minimum Gasteiger partial charge on any atom is -0.306 e. The van der Waals surface area contributed by atoms with E-state index < -0.39 is 12.0 Å². The average molecular weight is 263 g/mol. The van der Waals surface area contributed by atoms with Crippen molar-refractivity contribution in [2.45, 2.75) is 38.2 Å². The molecule has 0 radical (unpaired) electrons. The molecule has 0 saturated heterocycles. The number of pyridine rings is 1. The molecule has 1 fully saturated rings. The van der Waals surface area contributed by atoms with Crippen LogP contribution in [0.5, 0.6) is 0 Å². The molecule has 100 valence electrons. The fourth-order valence-corrected chi connectivity index (χ4v) is 2.86. The Morgan fingerprint density at radius 1 is 1.32 bits per heavy atom. The lowest BCUT2D eigenvalue weighted by molar-refractivity contribution is -0.0315. The SMILES string of the molecule is Cc1ccc2ccn(C3CCCC3(F)F)c(=O)c2c1. The van der Waals surface area contributed by atoms with E-state index in [0.29, 0.717) is 18.2 Å². The van der Waals surface area contributed by atoms with Crippen LogP contribution in [-0.2, 0) is 0 Å². The molecule has 19 heavy (non-hydrogen) atoms. The van der Waals surface area contributed by atoms with Gasteiger partial charge < -0.3 is 4.57 Å². The standard InChI is InChI=1S/C15H15F2NO/c1-10-4-5-11-6-8-18(14(19)12(11)9-10)13-3-2-7-15(13,16)17/h4-6,8-9,13H,2-3,7H2,1H3. The third-order valence-electron chi connectivity index (χ3n) is 3.90. The minimum atomic E-state index is -2.78. The molecule has 1 saturated carbocycles. The second-order valence-corrected chi connectivity index (χ2v) is 5.29. The molecule has 1 heterocycles. The van der Waals surface area contributed by atoms with Gasteiger partial charge in [-0.3, -0.25) is 4.79 Å². The number of hydrogen-bond donors (Lipinski definition) is 0. The summed E-state index contributed by atoms with van der Waals surface area (Å²) in [6.07, 6.45) is 2.21. The summed E-state index contributed by atoms with van der Waals surface area (Å²) in [5, 5.41) is 1.32. The van der Waals surface area contributed by atoms with Gasteiger partial charge in [-0.15, -0.1) is 0 Å². The number of hydrogen-bond acceptors (Lipinski definition) is 1. The Morgan fingerprint density at radius 2 is 2.11 bits per heavy atom. The van der Waals surface area contributed by atoms with Crippen molar-refractivity contribution in [2.75, 3.05) is 0 Å². The van der Waals surface area contributed by atoms with Crippen LogP contribution < -0.4 is 5.56 Å². The molecule has 1 unspecified atom stereocenters. The van der Waals surface area contributed by atoms with Gasteiger partial charge in [-0.25, -0.2) is 8.78 Å². The molecule has 1 aromatic heterocycles. The van der Waals surface area contributed by atoms with Gasteiger partial charge >= 0.3 is 0 Å². The van der Waals surface area contributed by atoms with Crippen molar-refractivity contribution in [1.82, 2.24) is 4.57 Å². The maximum Gasteiger partial charge on any atom is 0.268 e. The second-order valence-electron chi connectivity index (χ2n) is 5.29. The van der Waals surface area contributed by atoms with Crippen LogP contribution in [0.4, 0.5) is 8.78 Å². The van der Waals surface area contributed by atoms with Crippen LogP contribution in [0.15, 0.2) is 35.3 Å². The Kier molecular flexibility index (Phi) is 2.69. The first-order valence-corrected chi connectivity index (χ1v) is 6.48. The number of rotatable bonds is 1. The van der Waals surface area contributed by atoms with Gasteiger partial charge in [0.05, 0.1) is 0 Å². The monoisotopic (exact) mass is 263 g/mol. The van der Waals surface area contributed by atoms with Gasteiger partial charge in [0.1, 0.15) is 6.04 Å². The number of aromatic nitrogens is 1.